The van der Waals surface area contributed by atoms with Crippen LogP contribution in [0.25, 0.3) is 0 Å². The van der Waals surface area contributed by atoms with Crippen LogP contribution in [0.4, 0.5) is 6.01 Å². The van der Waals surface area contributed by atoms with Crippen molar-refractivity contribution in [3.63, 3.8) is 0 Å². The van der Waals surface area contributed by atoms with E-state index >= 15 is 0 Å². The summed E-state index contributed by atoms with van der Waals surface area (Å²) in [7, 11) is 0.617. The molecule has 0 aliphatic heterocycles. The molecule has 0 amide bonds. The second-order valence-electron chi connectivity index (χ2n) is 3.70. The van der Waals surface area contributed by atoms with Gasteiger partial charge in [0, 0.05) is 26.4 Å². The van der Waals surface area contributed by atoms with Crippen molar-refractivity contribution in [2.24, 2.45) is 0 Å². The normalized spacial score (nSPS) is 11.7. The van der Waals surface area contributed by atoms with Crippen molar-refractivity contribution in [3.05, 3.63) is 12.0 Å². The van der Waals surface area contributed by atoms with Crippen molar-refractivity contribution >= 4 is 15.9 Å². The van der Waals surface area contributed by atoms with E-state index in [9.17, 15) is 8.42 Å². The van der Waals surface area contributed by atoms with Crippen LogP contribution >= 0.6 is 0 Å². The van der Waals surface area contributed by atoms with Gasteiger partial charge in [0.15, 0.2) is 0 Å². The van der Waals surface area contributed by atoms with Gasteiger partial charge in [-0.15, -0.1) is 0 Å². The van der Waals surface area contributed by atoms with E-state index in [0.717, 1.165) is 5.69 Å². The largest absolute Gasteiger partial charge is 0.432 e. The maximum atomic E-state index is 11.0. The summed E-state index contributed by atoms with van der Waals surface area (Å²) >= 11 is 0. The Balaban J connectivity index is 2.55. The molecule has 6 nitrogen and oxygen atoms in total. The lowest BCUT2D eigenvalue weighted by molar-refractivity contribution is 0.546. The molecule has 7 heteroatoms. The van der Waals surface area contributed by atoms with Crippen LogP contribution in [0.2, 0.25) is 0 Å². The number of rotatable bonds is 6. The zero-order valence-corrected chi connectivity index (χ0v) is 10.5. The van der Waals surface area contributed by atoms with Gasteiger partial charge < -0.3 is 14.6 Å². The summed E-state index contributed by atoms with van der Waals surface area (Å²) in [6.45, 7) is 1.00. The molecule has 16 heavy (non-hydrogen) atoms. The van der Waals surface area contributed by atoms with Gasteiger partial charge in [0.1, 0.15) is 16.1 Å². The zero-order valence-electron chi connectivity index (χ0n) is 9.73. The lowest BCUT2D eigenvalue weighted by Crippen LogP contribution is -2.25. The highest BCUT2D eigenvalue weighted by Crippen LogP contribution is 2.11. The fourth-order valence-corrected chi connectivity index (χ4v) is 1.74. The Bertz CT molecular complexity index is 427. The minimum atomic E-state index is -2.95. The topological polar surface area (TPSA) is 75.4 Å². The quantitative estimate of drug-likeness (QED) is 0.755. The maximum absolute atomic E-state index is 11.0. The molecule has 0 fully saturated rings. The smallest absolute Gasteiger partial charge is 0.297 e. The average Bonchev–Trinajstić information content (AvgIpc) is 2.62. The Morgan fingerprint density at radius 3 is 2.81 bits per heavy atom. The molecule has 0 aromatic carbocycles. The second-order valence-corrected chi connectivity index (χ2v) is 5.96. The molecule has 0 saturated carbocycles. The summed E-state index contributed by atoms with van der Waals surface area (Å²) < 4.78 is 27.2. The molecule has 0 aliphatic rings. The second kappa shape index (κ2) is 5.31. The van der Waals surface area contributed by atoms with Crippen LogP contribution in [0.1, 0.15) is 5.69 Å². The number of hydrogen-bond donors (Lipinski definition) is 1. The summed E-state index contributed by atoms with van der Waals surface area (Å²) in [6, 6.07) is 0.439. The van der Waals surface area contributed by atoms with Crippen LogP contribution in [0.5, 0.6) is 0 Å². The first kappa shape index (κ1) is 13.0. The van der Waals surface area contributed by atoms with Crippen LogP contribution in [-0.2, 0) is 16.4 Å². The Kier molecular flexibility index (Phi) is 4.31. The van der Waals surface area contributed by atoms with E-state index in [1.807, 2.05) is 7.05 Å². The van der Waals surface area contributed by atoms with Crippen molar-refractivity contribution in [2.75, 3.05) is 37.5 Å². The molecule has 0 bridgehead atoms. The number of hydrogen-bond acceptors (Lipinski definition) is 6. The molecule has 0 radical (unpaired) electrons. The molecule has 0 unspecified atom stereocenters. The standard InChI is InChI=1S/C9H17N3O3S/c1-10-6-8-7-15-9(11-8)12(2)4-5-16(3,13)14/h7,10H,4-6H2,1-3H3. The molecule has 92 valence electrons. The van der Waals surface area contributed by atoms with E-state index in [1.54, 1.807) is 18.2 Å². The molecule has 0 aliphatic carbocycles. The molecule has 1 aromatic rings. The molecule has 1 heterocycles. The van der Waals surface area contributed by atoms with Gasteiger partial charge in [-0.1, -0.05) is 0 Å². The van der Waals surface area contributed by atoms with Crippen molar-refractivity contribution in [2.45, 2.75) is 6.54 Å². The molecule has 0 spiro atoms. The molecule has 1 N–H and O–H groups in total. The van der Waals surface area contributed by atoms with Crippen LogP contribution in [0.3, 0.4) is 0 Å². The van der Waals surface area contributed by atoms with E-state index < -0.39 is 9.84 Å². The predicted molar refractivity (Wildman–Crippen MR) is 62.2 cm³/mol. The Morgan fingerprint density at radius 2 is 2.25 bits per heavy atom. The van der Waals surface area contributed by atoms with Gasteiger partial charge in [-0.05, 0) is 7.05 Å². The third kappa shape index (κ3) is 4.19. The van der Waals surface area contributed by atoms with Crippen molar-refractivity contribution in [3.8, 4) is 0 Å². The Morgan fingerprint density at radius 1 is 1.56 bits per heavy atom. The first-order chi connectivity index (χ1) is 7.42. The van der Waals surface area contributed by atoms with E-state index in [-0.39, 0.29) is 5.75 Å². The fraction of sp³-hybridized carbons (Fsp3) is 0.667. The van der Waals surface area contributed by atoms with Crippen molar-refractivity contribution in [1.29, 1.82) is 0 Å². The number of nitrogens with zero attached hydrogens (tertiary/aromatic N) is 2. The van der Waals surface area contributed by atoms with Gasteiger partial charge in [0.25, 0.3) is 6.01 Å². The first-order valence-corrected chi connectivity index (χ1v) is 6.96. The summed E-state index contributed by atoms with van der Waals surface area (Å²) in [5.74, 6) is 0.0905. The first-order valence-electron chi connectivity index (χ1n) is 4.90. The minimum absolute atomic E-state index is 0.0905. The van der Waals surface area contributed by atoms with Crippen LogP contribution in [0, 0.1) is 0 Å². The van der Waals surface area contributed by atoms with Gasteiger partial charge in [-0.25, -0.2) is 8.42 Å². The van der Waals surface area contributed by atoms with Crippen molar-refractivity contribution in [1.82, 2.24) is 10.3 Å². The highest BCUT2D eigenvalue weighted by molar-refractivity contribution is 7.90. The highest BCUT2D eigenvalue weighted by Gasteiger charge is 2.11. The summed E-state index contributed by atoms with van der Waals surface area (Å²) in [4.78, 5) is 5.88. The molecule has 1 rings (SSSR count). The van der Waals surface area contributed by atoms with Crippen LogP contribution in [0.15, 0.2) is 10.7 Å². The number of sulfone groups is 1. The van der Waals surface area contributed by atoms with Gasteiger partial charge in [-0.3, -0.25) is 0 Å². The van der Waals surface area contributed by atoms with E-state index in [4.69, 9.17) is 4.42 Å². The summed E-state index contributed by atoms with van der Waals surface area (Å²) in [6.07, 6.45) is 2.77. The predicted octanol–water partition coefficient (Wildman–Crippen LogP) is -0.125. The number of anilines is 1. The van der Waals surface area contributed by atoms with Crippen molar-refractivity contribution < 1.29 is 12.8 Å². The molecular weight excluding hydrogens is 230 g/mol. The van der Waals surface area contributed by atoms with Crippen LogP contribution < -0.4 is 10.2 Å². The molecule has 1 aromatic heterocycles. The average molecular weight is 247 g/mol. The van der Waals surface area contributed by atoms with E-state index in [0.29, 0.717) is 19.1 Å². The van der Waals surface area contributed by atoms with Gasteiger partial charge in [0.05, 0.1) is 11.4 Å². The zero-order chi connectivity index (χ0) is 12.2. The summed E-state index contributed by atoms with van der Waals surface area (Å²) in [5.41, 5.74) is 0.795. The summed E-state index contributed by atoms with van der Waals surface area (Å²) in [5, 5.41) is 2.96. The van der Waals surface area contributed by atoms with Crippen LogP contribution in [-0.4, -0.2) is 46.1 Å². The van der Waals surface area contributed by atoms with E-state index in [2.05, 4.69) is 10.3 Å². The van der Waals surface area contributed by atoms with Gasteiger partial charge >= 0.3 is 0 Å². The monoisotopic (exact) mass is 247 g/mol. The third-order valence-electron chi connectivity index (χ3n) is 2.02. The molecule has 0 atom stereocenters. The molecular formula is C9H17N3O3S. The Labute approximate surface area is 95.6 Å². The fourth-order valence-electron chi connectivity index (χ4n) is 1.13. The Hall–Kier alpha value is -1.08. The van der Waals surface area contributed by atoms with E-state index in [1.165, 1.54) is 6.26 Å². The number of aromatic nitrogens is 1. The SMILES string of the molecule is CNCc1coc(N(C)CCS(C)(=O)=O)n1. The number of oxazole rings is 1. The lowest BCUT2D eigenvalue weighted by atomic mass is 10.5. The maximum Gasteiger partial charge on any atom is 0.297 e. The lowest BCUT2D eigenvalue weighted by Gasteiger charge is -2.12. The van der Waals surface area contributed by atoms with Gasteiger partial charge in [0.2, 0.25) is 0 Å². The molecule has 0 saturated heterocycles. The third-order valence-corrected chi connectivity index (χ3v) is 2.95. The number of nitrogens with one attached hydrogen (secondary N) is 1. The minimum Gasteiger partial charge on any atom is -0.432 e. The highest BCUT2D eigenvalue weighted by atomic mass is 32.2. The van der Waals surface area contributed by atoms with Gasteiger partial charge in [-0.2, -0.15) is 4.98 Å².